The van der Waals surface area contributed by atoms with Crippen LogP contribution in [-0.4, -0.2) is 20.7 Å². The van der Waals surface area contributed by atoms with Crippen molar-refractivity contribution in [3.63, 3.8) is 0 Å². The zero-order chi connectivity index (χ0) is 17.8. The maximum absolute atomic E-state index is 12.0. The Labute approximate surface area is 151 Å². The Bertz CT molecular complexity index is 892. The van der Waals surface area contributed by atoms with Gasteiger partial charge in [-0.05, 0) is 32.4 Å². The summed E-state index contributed by atoms with van der Waals surface area (Å²) in [6.07, 6.45) is 4.99. The molecule has 0 saturated carbocycles. The Morgan fingerprint density at radius 3 is 2.68 bits per heavy atom. The van der Waals surface area contributed by atoms with Crippen LogP contribution in [0.1, 0.15) is 28.1 Å². The van der Waals surface area contributed by atoms with Crippen LogP contribution in [0.25, 0.3) is 6.08 Å². The summed E-state index contributed by atoms with van der Waals surface area (Å²) >= 11 is 1.39. The molecule has 0 saturated heterocycles. The van der Waals surface area contributed by atoms with Crippen molar-refractivity contribution in [2.45, 2.75) is 27.3 Å². The van der Waals surface area contributed by atoms with Crippen molar-refractivity contribution >= 4 is 28.5 Å². The van der Waals surface area contributed by atoms with Crippen LogP contribution < -0.4 is 5.32 Å². The van der Waals surface area contributed by atoms with Gasteiger partial charge in [0.25, 0.3) is 0 Å². The lowest BCUT2D eigenvalue weighted by Crippen LogP contribution is -2.07. The molecule has 6 heteroatoms. The van der Waals surface area contributed by atoms with Crippen LogP contribution in [0.15, 0.2) is 41.9 Å². The molecule has 0 radical (unpaired) electrons. The van der Waals surface area contributed by atoms with Crippen LogP contribution in [-0.2, 0) is 11.3 Å². The molecule has 25 heavy (non-hydrogen) atoms. The fourth-order valence-electron chi connectivity index (χ4n) is 2.56. The van der Waals surface area contributed by atoms with Crippen molar-refractivity contribution in [3.05, 3.63) is 70.0 Å². The van der Waals surface area contributed by atoms with Gasteiger partial charge in [0.15, 0.2) is 5.13 Å². The Kier molecular flexibility index (Phi) is 5.09. The highest BCUT2D eigenvalue weighted by Crippen LogP contribution is 2.17. The van der Waals surface area contributed by atoms with Crippen LogP contribution in [0.4, 0.5) is 5.13 Å². The predicted octanol–water partition coefficient (Wildman–Crippen LogP) is 3.97. The SMILES string of the molecule is Cc1ccc(Cn2nc(C)c(/C=C/C(=O)Nc3nccs3)c2C)cc1. The van der Waals surface area contributed by atoms with Gasteiger partial charge in [-0.2, -0.15) is 5.10 Å². The van der Waals surface area contributed by atoms with Gasteiger partial charge in [0.1, 0.15) is 0 Å². The summed E-state index contributed by atoms with van der Waals surface area (Å²) < 4.78 is 1.97. The van der Waals surface area contributed by atoms with Crippen molar-refractivity contribution in [2.75, 3.05) is 5.32 Å². The molecular formula is C19H20N4OS. The second-order valence-electron chi connectivity index (χ2n) is 5.89. The molecule has 0 aliphatic rings. The molecule has 128 valence electrons. The van der Waals surface area contributed by atoms with Gasteiger partial charge in [-0.15, -0.1) is 11.3 Å². The monoisotopic (exact) mass is 352 g/mol. The number of rotatable bonds is 5. The van der Waals surface area contributed by atoms with E-state index in [0.717, 1.165) is 17.0 Å². The molecule has 1 N–H and O–H groups in total. The van der Waals surface area contributed by atoms with Crippen molar-refractivity contribution in [1.82, 2.24) is 14.8 Å². The lowest BCUT2D eigenvalue weighted by molar-refractivity contribution is -0.111. The Balaban J connectivity index is 1.73. The summed E-state index contributed by atoms with van der Waals surface area (Å²) in [6, 6.07) is 8.43. The molecule has 1 aromatic carbocycles. The molecule has 0 aliphatic heterocycles. The topological polar surface area (TPSA) is 59.8 Å². The average Bonchev–Trinajstić information content (AvgIpc) is 3.17. The minimum Gasteiger partial charge on any atom is -0.298 e. The lowest BCUT2D eigenvalue weighted by atomic mass is 10.1. The third-order valence-electron chi connectivity index (χ3n) is 3.95. The first-order valence-corrected chi connectivity index (χ1v) is 8.89. The largest absolute Gasteiger partial charge is 0.298 e. The first kappa shape index (κ1) is 17.1. The van der Waals surface area contributed by atoms with E-state index in [9.17, 15) is 4.79 Å². The number of thiazole rings is 1. The molecule has 0 atom stereocenters. The van der Waals surface area contributed by atoms with Crippen molar-refractivity contribution in [3.8, 4) is 0 Å². The van der Waals surface area contributed by atoms with E-state index in [0.29, 0.717) is 11.7 Å². The summed E-state index contributed by atoms with van der Waals surface area (Å²) in [7, 11) is 0. The highest BCUT2D eigenvalue weighted by Gasteiger charge is 2.10. The fourth-order valence-corrected chi connectivity index (χ4v) is 3.10. The fraction of sp³-hybridized carbons (Fsp3) is 0.211. The van der Waals surface area contributed by atoms with Crippen LogP contribution in [0.5, 0.6) is 0 Å². The number of nitrogens with zero attached hydrogens (tertiary/aromatic N) is 3. The summed E-state index contributed by atoms with van der Waals surface area (Å²) in [4.78, 5) is 16.0. The second kappa shape index (κ2) is 7.44. The number of hydrogen-bond donors (Lipinski definition) is 1. The summed E-state index contributed by atoms with van der Waals surface area (Å²) in [5.41, 5.74) is 5.36. The van der Waals surface area contributed by atoms with Gasteiger partial charge >= 0.3 is 0 Å². The van der Waals surface area contributed by atoms with Crippen molar-refractivity contribution in [1.29, 1.82) is 0 Å². The number of benzene rings is 1. The van der Waals surface area contributed by atoms with Gasteiger partial charge in [0.2, 0.25) is 5.91 Å². The van der Waals surface area contributed by atoms with Gasteiger partial charge in [-0.3, -0.25) is 14.8 Å². The highest BCUT2D eigenvalue weighted by atomic mass is 32.1. The standard InChI is InChI=1S/C19H20N4OS/c1-13-4-6-16(7-5-13)12-23-15(3)17(14(2)22-23)8-9-18(24)21-19-20-10-11-25-19/h4-11H,12H2,1-3H3,(H,20,21,24)/b9-8+. The maximum Gasteiger partial charge on any atom is 0.250 e. The summed E-state index contributed by atoms with van der Waals surface area (Å²) in [5, 5.41) is 9.76. The van der Waals surface area contributed by atoms with E-state index in [-0.39, 0.29) is 5.91 Å². The van der Waals surface area contributed by atoms with E-state index in [1.807, 2.05) is 30.0 Å². The van der Waals surface area contributed by atoms with Gasteiger partial charge < -0.3 is 0 Å². The normalized spacial score (nSPS) is 11.2. The molecule has 5 nitrogen and oxygen atoms in total. The molecule has 3 aromatic rings. The van der Waals surface area contributed by atoms with Crippen molar-refractivity contribution < 1.29 is 4.79 Å². The lowest BCUT2D eigenvalue weighted by Gasteiger charge is -2.05. The molecule has 2 aromatic heterocycles. The third-order valence-corrected chi connectivity index (χ3v) is 4.64. The van der Waals surface area contributed by atoms with E-state index in [1.54, 1.807) is 6.20 Å². The van der Waals surface area contributed by atoms with Gasteiger partial charge in [0.05, 0.1) is 12.2 Å². The Morgan fingerprint density at radius 1 is 1.24 bits per heavy atom. The molecule has 2 heterocycles. The number of aryl methyl sites for hydroxylation is 2. The zero-order valence-electron chi connectivity index (χ0n) is 14.5. The van der Waals surface area contributed by atoms with Crippen molar-refractivity contribution in [2.24, 2.45) is 0 Å². The minimum absolute atomic E-state index is 0.194. The van der Waals surface area contributed by atoms with Gasteiger partial charge in [-0.1, -0.05) is 29.8 Å². The molecular weight excluding hydrogens is 332 g/mol. The quantitative estimate of drug-likeness (QED) is 0.707. The zero-order valence-corrected chi connectivity index (χ0v) is 15.3. The van der Waals surface area contributed by atoms with E-state index < -0.39 is 0 Å². The van der Waals surface area contributed by atoms with Crippen LogP contribution in [0, 0.1) is 20.8 Å². The Hall–Kier alpha value is -2.73. The predicted molar refractivity (Wildman–Crippen MR) is 102 cm³/mol. The van der Waals surface area contributed by atoms with Crippen LogP contribution in [0.3, 0.4) is 0 Å². The number of nitrogens with one attached hydrogen (secondary N) is 1. The molecule has 0 bridgehead atoms. The molecule has 1 amide bonds. The number of anilines is 1. The summed E-state index contributed by atoms with van der Waals surface area (Å²) in [5.74, 6) is -0.194. The summed E-state index contributed by atoms with van der Waals surface area (Å²) in [6.45, 7) is 6.77. The number of aromatic nitrogens is 3. The Morgan fingerprint density at radius 2 is 2.00 bits per heavy atom. The molecule has 3 rings (SSSR count). The van der Waals surface area contributed by atoms with Crippen LogP contribution >= 0.6 is 11.3 Å². The van der Waals surface area contributed by atoms with E-state index >= 15 is 0 Å². The minimum atomic E-state index is -0.194. The molecule has 0 unspecified atom stereocenters. The van der Waals surface area contributed by atoms with Gasteiger partial charge in [-0.25, -0.2) is 4.98 Å². The smallest absolute Gasteiger partial charge is 0.250 e. The van der Waals surface area contributed by atoms with E-state index in [4.69, 9.17) is 0 Å². The number of amides is 1. The average molecular weight is 352 g/mol. The van der Waals surface area contributed by atoms with E-state index in [2.05, 4.69) is 46.6 Å². The highest BCUT2D eigenvalue weighted by molar-refractivity contribution is 7.13. The first-order chi connectivity index (χ1) is 12.0. The molecule has 0 fully saturated rings. The number of carbonyl (C=O) groups is 1. The molecule has 0 aliphatic carbocycles. The van der Waals surface area contributed by atoms with Gasteiger partial charge in [0, 0.05) is 28.9 Å². The van der Waals surface area contributed by atoms with E-state index in [1.165, 1.54) is 28.5 Å². The number of hydrogen-bond acceptors (Lipinski definition) is 4. The third kappa shape index (κ3) is 4.22. The first-order valence-electron chi connectivity index (χ1n) is 8.01. The molecule has 0 spiro atoms. The number of carbonyl (C=O) groups excluding carboxylic acids is 1. The second-order valence-corrected chi connectivity index (χ2v) is 6.78. The maximum atomic E-state index is 12.0. The van der Waals surface area contributed by atoms with Crippen LogP contribution in [0.2, 0.25) is 0 Å².